The minimum Gasteiger partial charge on any atom is -0.489 e. The van der Waals surface area contributed by atoms with Crippen molar-refractivity contribution in [1.29, 1.82) is 5.26 Å². The van der Waals surface area contributed by atoms with E-state index in [1.54, 1.807) is 24.3 Å². The predicted octanol–water partition coefficient (Wildman–Crippen LogP) is 5.16. The molecule has 3 aromatic carbocycles. The van der Waals surface area contributed by atoms with Crippen LogP contribution in [0.5, 0.6) is 17.2 Å². The zero-order valence-electron chi connectivity index (χ0n) is 18.3. The second-order valence-corrected chi connectivity index (χ2v) is 6.89. The topological polar surface area (TPSA) is 138 Å². The quantitative estimate of drug-likeness (QED) is 0.184. The van der Waals surface area contributed by atoms with Crippen LogP contribution in [0.4, 0.5) is 11.4 Å². The molecule has 34 heavy (non-hydrogen) atoms. The van der Waals surface area contributed by atoms with Gasteiger partial charge in [-0.25, -0.2) is 0 Å². The largest absolute Gasteiger partial charge is 0.489 e. The van der Waals surface area contributed by atoms with Crippen molar-refractivity contribution in [2.75, 3.05) is 14.2 Å². The number of rotatable bonds is 9. The number of methoxy groups -OCH3 is 2. The average molecular weight is 461 g/mol. The highest BCUT2D eigenvalue weighted by Crippen LogP contribution is 2.48. The fourth-order valence-corrected chi connectivity index (χ4v) is 3.26. The highest BCUT2D eigenvalue weighted by Gasteiger charge is 2.34. The zero-order chi connectivity index (χ0) is 24.7. The van der Waals surface area contributed by atoms with E-state index in [2.05, 4.69) is 0 Å². The monoisotopic (exact) mass is 461 g/mol. The molecule has 3 aromatic rings. The fraction of sp³-hybridized carbons (Fsp3) is 0.125. The Morgan fingerprint density at radius 3 is 2.15 bits per heavy atom. The molecule has 0 N–H and O–H groups in total. The van der Waals surface area contributed by atoms with Crippen LogP contribution < -0.4 is 14.2 Å². The number of hydrogen-bond donors (Lipinski definition) is 0. The molecule has 0 aromatic heterocycles. The maximum atomic E-state index is 11.8. The smallest absolute Gasteiger partial charge is 0.323 e. The van der Waals surface area contributed by atoms with Crippen molar-refractivity contribution >= 4 is 23.0 Å². The maximum Gasteiger partial charge on any atom is 0.323 e. The van der Waals surface area contributed by atoms with Crippen LogP contribution in [0.2, 0.25) is 0 Å². The van der Waals surface area contributed by atoms with E-state index in [9.17, 15) is 25.5 Å². The summed E-state index contributed by atoms with van der Waals surface area (Å²) in [5.74, 6) is -0.255. The Bertz CT molecular complexity index is 1280. The van der Waals surface area contributed by atoms with E-state index in [0.717, 1.165) is 25.8 Å². The average Bonchev–Trinajstić information content (AvgIpc) is 2.85. The van der Waals surface area contributed by atoms with Crippen molar-refractivity contribution in [3.05, 3.63) is 97.6 Å². The van der Waals surface area contributed by atoms with Crippen LogP contribution in [0, 0.1) is 31.6 Å². The summed E-state index contributed by atoms with van der Waals surface area (Å²) >= 11 is 0. The van der Waals surface area contributed by atoms with Crippen molar-refractivity contribution in [3.8, 4) is 23.3 Å². The third-order valence-corrected chi connectivity index (χ3v) is 4.83. The Balaban J connectivity index is 2.00. The van der Waals surface area contributed by atoms with Crippen molar-refractivity contribution in [1.82, 2.24) is 0 Å². The Hall–Kier alpha value is -4.91. The number of nitrogens with zero attached hydrogens (tertiary/aromatic N) is 3. The summed E-state index contributed by atoms with van der Waals surface area (Å²) in [7, 11) is 2.26. The Morgan fingerprint density at radius 2 is 1.62 bits per heavy atom. The molecular formula is C24H19N3O7. The number of benzene rings is 3. The standard InChI is InChI=1S/C24H19N3O7/c1-32-23-21(26(28)29)13-20(22(27(30)31)24(23)33-2)18(14-25)12-16-8-10-19(11-9-16)34-15-17-6-4-3-5-7-17/h3-13H,15H2,1-2H3/b18-12+. The van der Waals surface area contributed by atoms with Gasteiger partial charge < -0.3 is 14.2 Å². The molecule has 0 amide bonds. The molecule has 10 nitrogen and oxygen atoms in total. The summed E-state index contributed by atoms with van der Waals surface area (Å²) in [6, 6.07) is 19.1. The van der Waals surface area contributed by atoms with Crippen molar-refractivity contribution in [3.63, 3.8) is 0 Å². The van der Waals surface area contributed by atoms with Gasteiger partial charge in [-0.15, -0.1) is 0 Å². The lowest BCUT2D eigenvalue weighted by molar-refractivity contribution is -0.390. The number of nitriles is 1. The molecule has 0 heterocycles. The Labute approximate surface area is 194 Å². The summed E-state index contributed by atoms with van der Waals surface area (Å²) in [5.41, 5.74) is -0.0581. The van der Waals surface area contributed by atoms with Gasteiger partial charge in [0, 0.05) is 6.07 Å². The predicted molar refractivity (Wildman–Crippen MR) is 124 cm³/mol. The summed E-state index contributed by atoms with van der Waals surface area (Å²) in [5, 5.41) is 33.1. The molecule has 0 atom stereocenters. The van der Waals surface area contributed by atoms with E-state index >= 15 is 0 Å². The van der Waals surface area contributed by atoms with E-state index < -0.39 is 32.7 Å². The molecule has 0 unspecified atom stereocenters. The molecule has 0 saturated carbocycles. The van der Waals surface area contributed by atoms with Crippen LogP contribution in [0.1, 0.15) is 16.7 Å². The van der Waals surface area contributed by atoms with Crippen LogP contribution in [-0.4, -0.2) is 24.1 Å². The van der Waals surface area contributed by atoms with Crippen molar-refractivity contribution in [2.45, 2.75) is 6.61 Å². The van der Waals surface area contributed by atoms with E-state index in [1.807, 2.05) is 36.4 Å². The lowest BCUT2D eigenvalue weighted by atomic mass is 10.00. The van der Waals surface area contributed by atoms with Gasteiger partial charge in [0.25, 0.3) is 0 Å². The van der Waals surface area contributed by atoms with Gasteiger partial charge in [-0.2, -0.15) is 5.26 Å². The van der Waals surface area contributed by atoms with Crippen molar-refractivity contribution < 1.29 is 24.1 Å². The fourth-order valence-electron chi connectivity index (χ4n) is 3.26. The SMILES string of the molecule is COc1c([N+](=O)[O-])cc(/C(C#N)=C/c2ccc(OCc3ccccc3)cc2)c([N+](=O)[O-])c1OC. The highest BCUT2D eigenvalue weighted by atomic mass is 16.6. The van der Waals surface area contributed by atoms with E-state index in [4.69, 9.17) is 14.2 Å². The Morgan fingerprint density at radius 1 is 0.971 bits per heavy atom. The molecule has 0 bridgehead atoms. The lowest BCUT2D eigenvalue weighted by Crippen LogP contribution is -2.04. The first-order valence-corrected chi connectivity index (χ1v) is 9.86. The molecule has 0 aliphatic heterocycles. The molecule has 0 aliphatic rings. The third-order valence-electron chi connectivity index (χ3n) is 4.83. The summed E-state index contributed by atoms with van der Waals surface area (Å²) in [6.45, 7) is 0.376. The van der Waals surface area contributed by atoms with Gasteiger partial charge in [0.15, 0.2) is 0 Å². The normalized spacial score (nSPS) is 10.8. The number of ether oxygens (including phenoxy) is 3. The van der Waals surface area contributed by atoms with Gasteiger partial charge in [-0.05, 0) is 29.3 Å². The molecule has 0 fully saturated rings. The first kappa shape index (κ1) is 23.7. The first-order chi connectivity index (χ1) is 16.4. The van der Waals surface area contributed by atoms with E-state index in [1.165, 1.54) is 6.08 Å². The molecule has 0 aliphatic carbocycles. The van der Waals surface area contributed by atoms with E-state index in [-0.39, 0.29) is 11.1 Å². The zero-order valence-corrected chi connectivity index (χ0v) is 18.3. The molecule has 172 valence electrons. The Kier molecular flexibility index (Phi) is 7.41. The number of nitro benzene ring substituents is 2. The molecule has 0 saturated heterocycles. The van der Waals surface area contributed by atoms with Crippen LogP contribution in [0.15, 0.2) is 60.7 Å². The van der Waals surface area contributed by atoms with Crippen LogP contribution >= 0.6 is 0 Å². The van der Waals surface area contributed by atoms with Crippen LogP contribution in [0.3, 0.4) is 0 Å². The van der Waals surface area contributed by atoms with Gasteiger partial charge in [0.05, 0.1) is 35.2 Å². The van der Waals surface area contributed by atoms with Gasteiger partial charge in [-0.1, -0.05) is 42.5 Å². The van der Waals surface area contributed by atoms with Crippen LogP contribution in [0.25, 0.3) is 11.6 Å². The molecule has 0 spiro atoms. The minimum absolute atomic E-state index is 0.159. The maximum absolute atomic E-state index is 11.8. The second-order valence-electron chi connectivity index (χ2n) is 6.89. The van der Waals surface area contributed by atoms with Crippen molar-refractivity contribution in [2.24, 2.45) is 0 Å². The minimum atomic E-state index is -0.772. The number of allylic oxidation sites excluding steroid dienone is 1. The van der Waals surface area contributed by atoms with E-state index in [0.29, 0.717) is 17.9 Å². The molecular weight excluding hydrogens is 442 g/mol. The third kappa shape index (κ3) is 5.11. The highest BCUT2D eigenvalue weighted by molar-refractivity contribution is 5.95. The second kappa shape index (κ2) is 10.6. The first-order valence-electron chi connectivity index (χ1n) is 9.86. The summed E-state index contributed by atoms with van der Waals surface area (Å²) < 4.78 is 15.8. The molecule has 3 rings (SSSR count). The lowest BCUT2D eigenvalue weighted by Gasteiger charge is -2.11. The molecule has 0 radical (unpaired) electrons. The number of nitro groups is 2. The van der Waals surface area contributed by atoms with Gasteiger partial charge >= 0.3 is 11.4 Å². The summed E-state index contributed by atoms with van der Waals surface area (Å²) in [6.07, 6.45) is 1.39. The summed E-state index contributed by atoms with van der Waals surface area (Å²) in [4.78, 5) is 21.8. The van der Waals surface area contributed by atoms with Gasteiger partial charge in [0.1, 0.15) is 18.4 Å². The number of hydrogen-bond acceptors (Lipinski definition) is 8. The van der Waals surface area contributed by atoms with Gasteiger partial charge in [0.2, 0.25) is 11.5 Å². The van der Waals surface area contributed by atoms with Gasteiger partial charge in [-0.3, -0.25) is 20.2 Å². The molecule has 10 heteroatoms. The van der Waals surface area contributed by atoms with Crippen LogP contribution in [-0.2, 0) is 6.61 Å².